The first kappa shape index (κ1) is 36.0. The van der Waals surface area contributed by atoms with Crippen molar-refractivity contribution in [2.75, 3.05) is 6.73 Å². The first-order chi connectivity index (χ1) is 29.6. The Morgan fingerprint density at radius 2 is 1.28 bits per heavy atom. The number of hydrogen-bond donors (Lipinski definition) is 3. The lowest BCUT2D eigenvalue weighted by Gasteiger charge is -2.31. The molecule has 6 aromatic rings. The molecule has 5 aliphatic rings. The van der Waals surface area contributed by atoms with Crippen LogP contribution in [0.5, 0.6) is 0 Å². The monoisotopic (exact) mass is 776 g/mol. The van der Waals surface area contributed by atoms with E-state index in [1.54, 1.807) is 0 Å². The molecule has 0 aromatic heterocycles. The first-order valence-corrected chi connectivity index (χ1v) is 21.0. The molecule has 290 valence electrons. The van der Waals surface area contributed by atoms with E-state index in [0.29, 0.717) is 6.42 Å². The lowest BCUT2D eigenvalue weighted by molar-refractivity contribution is 0.294. The van der Waals surface area contributed by atoms with Crippen LogP contribution in [0.1, 0.15) is 51.8 Å². The quantitative estimate of drug-likeness (QED) is 0.0856. The number of aliphatic imine (C=N–C) groups is 1. The van der Waals surface area contributed by atoms with Crippen LogP contribution in [-0.4, -0.2) is 24.5 Å². The Kier molecular flexibility index (Phi) is 8.79. The molecule has 11 rings (SSSR count). The van der Waals surface area contributed by atoms with Gasteiger partial charge in [-0.15, -0.1) is 0 Å². The normalized spacial score (nSPS) is 19.9. The average molecular weight is 777 g/mol. The summed E-state index contributed by atoms with van der Waals surface area (Å²) in [5.41, 5.74) is 24.4. The summed E-state index contributed by atoms with van der Waals surface area (Å²) in [6.07, 6.45) is 19.0. The summed E-state index contributed by atoms with van der Waals surface area (Å²) in [5.74, 6) is 0.347. The van der Waals surface area contributed by atoms with E-state index >= 15 is 0 Å². The van der Waals surface area contributed by atoms with Gasteiger partial charge in [0.2, 0.25) is 0 Å². The molecule has 0 amide bonds. The number of nitrogens with one attached hydrogen (secondary N) is 2. The van der Waals surface area contributed by atoms with Crippen LogP contribution in [0.15, 0.2) is 193 Å². The topological polar surface area (TPSA) is 83.5 Å². The molecule has 3 unspecified atom stereocenters. The number of ether oxygens (including phenoxy) is 1. The predicted molar refractivity (Wildman–Crippen MR) is 246 cm³/mol. The molecule has 60 heavy (non-hydrogen) atoms. The van der Waals surface area contributed by atoms with E-state index in [9.17, 15) is 0 Å². The van der Waals surface area contributed by atoms with E-state index in [-0.39, 0.29) is 30.6 Å². The van der Waals surface area contributed by atoms with Crippen molar-refractivity contribution >= 4 is 22.9 Å². The Morgan fingerprint density at radius 3 is 1.95 bits per heavy atom. The van der Waals surface area contributed by atoms with Crippen molar-refractivity contribution < 1.29 is 4.74 Å². The fraction of sp³-hybridized carbons (Fsp3) is 0.127. The van der Waals surface area contributed by atoms with Crippen molar-refractivity contribution in [3.8, 4) is 33.4 Å². The van der Waals surface area contributed by atoms with Gasteiger partial charge in [0.15, 0.2) is 5.90 Å². The summed E-state index contributed by atoms with van der Waals surface area (Å²) >= 11 is 0. The minimum absolute atomic E-state index is 0.0128. The smallest absolute Gasteiger partial charge is 0.189 e. The van der Waals surface area contributed by atoms with E-state index in [2.05, 4.69) is 193 Å². The van der Waals surface area contributed by atoms with Gasteiger partial charge >= 0.3 is 0 Å². The lowest BCUT2D eigenvalue weighted by Crippen LogP contribution is -2.37. The van der Waals surface area contributed by atoms with Crippen LogP contribution in [0.2, 0.25) is 0 Å². The van der Waals surface area contributed by atoms with Gasteiger partial charge in [-0.2, -0.15) is 0 Å². The fourth-order valence-electron chi connectivity index (χ4n) is 10.2. The van der Waals surface area contributed by atoms with Gasteiger partial charge in [0.1, 0.15) is 12.9 Å². The van der Waals surface area contributed by atoms with Gasteiger partial charge in [-0.3, -0.25) is 16.1 Å². The molecule has 0 saturated heterocycles. The third-order valence-electron chi connectivity index (χ3n) is 13.0. The molecule has 0 saturated carbocycles. The maximum absolute atomic E-state index is 8.32. The van der Waals surface area contributed by atoms with Gasteiger partial charge in [-0.1, -0.05) is 170 Å². The second-order valence-corrected chi connectivity index (χ2v) is 16.2. The van der Waals surface area contributed by atoms with E-state index in [1.165, 1.54) is 61.2 Å². The lowest BCUT2D eigenvalue weighted by atomic mass is 9.70. The molecule has 5 nitrogen and oxygen atoms in total. The van der Waals surface area contributed by atoms with Crippen LogP contribution in [0.4, 0.5) is 0 Å². The summed E-state index contributed by atoms with van der Waals surface area (Å²) in [5, 5.41) is 12.2. The van der Waals surface area contributed by atoms with Crippen LogP contribution in [0, 0.1) is 17.2 Å². The number of nitrogens with two attached hydrogens (primary N) is 1. The summed E-state index contributed by atoms with van der Waals surface area (Å²) in [6.45, 7) is 0.0128. The Bertz CT molecular complexity index is 2860. The molecule has 1 spiro atoms. The second kappa shape index (κ2) is 14.6. The van der Waals surface area contributed by atoms with Crippen molar-refractivity contribution in [3.63, 3.8) is 0 Å². The van der Waals surface area contributed by atoms with Crippen LogP contribution < -0.4 is 11.1 Å². The minimum Gasteiger partial charge on any atom is -0.465 e. The maximum Gasteiger partial charge on any atom is 0.189 e. The van der Waals surface area contributed by atoms with Gasteiger partial charge in [-0.25, -0.2) is 0 Å². The predicted octanol–water partition coefficient (Wildman–Crippen LogP) is 11.5. The molecule has 6 aromatic carbocycles. The second-order valence-electron chi connectivity index (χ2n) is 16.2. The maximum atomic E-state index is 8.32. The SMILES string of the molecule is N=C(OCN)C1C=CC(c2ccc3c(c2)C2(c4ccccc4-c4ccccc42)c2cc(-c4ccccc4C4=CC(c5ccccc5)=NC(C5C=CC=CC5)N4)ccc2-3)=CC1. The van der Waals surface area contributed by atoms with Crippen LogP contribution >= 0.6 is 0 Å². The molecule has 3 atom stereocenters. The molecule has 0 bridgehead atoms. The molecular formula is C55H44N4O. The number of allylic oxidation sites excluding steroid dienone is 7. The Balaban J connectivity index is 1.06. The number of benzene rings is 6. The van der Waals surface area contributed by atoms with Gasteiger partial charge in [-0.05, 0) is 103 Å². The number of nitrogens with zero attached hydrogens (tertiary/aromatic N) is 1. The Hall–Kier alpha value is -7.08. The van der Waals surface area contributed by atoms with Crippen molar-refractivity contribution in [2.24, 2.45) is 22.6 Å². The van der Waals surface area contributed by atoms with Gasteiger partial charge in [0.25, 0.3) is 0 Å². The average Bonchev–Trinajstić information content (AvgIpc) is 3.79. The largest absolute Gasteiger partial charge is 0.465 e. The summed E-state index contributed by atoms with van der Waals surface area (Å²) in [6, 6.07) is 51.5. The van der Waals surface area contributed by atoms with Gasteiger partial charge in [0, 0.05) is 17.2 Å². The molecule has 4 aliphatic carbocycles. The molecule has 0 fully saturated rings. The fourth-order valence-corrected chi connectivity index (χ4v) is 10.2. The van der Waals surface area contributed by atoms with Gasteiger partial charge in [0.05, 0.1) is 17.0 Å². The van der Waals surface area contributed by atoms with Crippen LogP contribution in [-0.2, 0) is 10.2 Å². The highest BCUT2D eigenvalue weighted by Gasteiger charge is 2.51. The summed E-state index contributed by atoms with van der Waals surface area (Å²) in [4.78, 5) is 5.29. The highest BCUT2D eigenvalue weighted by molar-refractivity contribution is 6.13. The number of hydrogen-bond acceptors (Lipinski definition) is 5. The van der Waals surface area contributed by atoms with Crippen molar-refractivity contribution in [1.82, 2.24) is 5.32 Å². The van der Waals surface area contributed by atoms with E-state index in [0.717, 1.165) is 34.5 Å². The third kappa shape index (κ3) is 5.72. The summed E-state index contributed by atoms with van der Waals surface area (Å²) in [7, 11) is 0. The Morgan fingerprint density at radius 1 is 0.650 bits per heavy atom. The highest BCUT2D eigenvalue weighted by Crippen LogP contribution is 2.63. The standard InChI is InChI=1S/C55H44N4O/c56-34-60-53(57)37-25-23-35(24-26-37)39-27-29-44-45-30-28-40(32-50(45)55(49(44)31-39)47-21-11-9-18-42(47)43-19-10-12-22-48(43)55)41-17-7-8-20-46(41)52-33-51(36-13-3-1-4-14-36)58-54(59-52)38-15-5-2-6-16-38/h1-15,17-25,27-33,37-38,54,57,59H,16,26,34,56H2. The highest BCUT2D eigenvalue weighted by atomic mass is 16.5. The zero-order chi connectivity index (χ0) is 40.2. The van der Waals surface area contributed by atoms with Crippen LogP contribution in [0.3, 0.4) is 0 Å². The van der Waals surface area contributed by atoms with Gasteiger partial charge < -0.3 is 10.1 Å². The molecular weight excluding hydrogens is 733 g/mol. The van der Waals surface area contributed by atoms with E-state index in [4.69, 9.17) is 20.9 Å². The third-order valence-corrected chi connectivity index (χ3v) is 13.0. The minimum atomic E-state index is -0.515. The molecule has 0 radical (unpaired) electrons. The van der Waals surface area contributed by atoms with E-state index in [1.807, 2.05) is 0 Å². The number of fused-ring (bicyclic) bond motifs is 10. The molecule has 5 heteroatoms. The molecule has 1 aliphatic heterocycles. The molecule has 4 N–H and O–H groups in total. The van der Waals surface area contributed by atoms with Crippen molar-refractivity contribution in [3.05, 3.63) is 227 Å². The number of rotatable bonds is 7. The zero-order valence-corrected chi connectivity index (χ0v) is 33.2. The zero-order valence-electron chi connectivity index (χ0n) is 33.2. The van der Waals surface area contributed by atoms with E-state index < -0.39 is 5.41 Å². The Labute approximate surface area is 351 Å². The van der Waals surface area contributed by atoms with Crippen molar-refractivity contribution in [2.45, 2.75) is 24.4 Å². The van der Waals surface area contributed by atoms with Crippen molar-refractivity contribution in [1.29, 1.82) is 5.41 Å². The summed E-state index contributed by atoms with van der Waals surface area (Å²) < 4.78 is 5.35. The van der Waals surface area contributed by atoms with Crippen LogP contribution in [0.25, 0.3) is 44.7 Å². The first-order valence-electron chi connectivity index (χ1n) is 21.0. The molecule has 1 heterocycles.